The maximum atomic E-state index is 15.2. The van der Waals surface area contributed by atoms with E-state index in [1.54, 1.807) is 48.6 Å². The highest BCUT2D eigenvalue weighted by Gasteiger charge is 2.79. The topological polar surface area (TPSA) is 63.6 Å². The molecule has 0 aromatic heterocycles. The van der Waals surface area contributed by atoms with Crippen LogP contribution in [0.1, 0.15) is 84.8 Å². The van der Waals surface area contributed by atoms with Gasteiger partial charge in [0.15, 0.2) is 5.78 Å². The summed E-state index contributed by atoms with van der Waals surface area (Å²) in [7, 11) is 1.31. The van der Waals surface area contributed by atoms with Crippen molar-refractivity contribution in [2.45, 2.75) is 75.5 Å². The van der Waals surface area contributed by atoms with Crippen molar-refractivity contribution in [1.82, 2.24) is 0 Å². The molecule has 0 saturated heterocycles. The summed E-state index contributed by atoms with van der Waals surface area (Å²) >= 11 is 0. The highest BCUT2D eigenvalue weighted by atomic mass is 19.4. The minimum absolute atomic E-state index is 0.0354. The molecule has 246 valence electrons. The second-order valence-electron chi connectivity index (χ2n) is 13.3. The molecular weight excluding hydrogens is 615 g/mol. The Labute approximate surface area is 270 Å². The molecule has 6 rings (SSSR count). The van der Waals surface area contributed by atoms with Crippen molar-refractivity contribution in [2.75, 3.05) is 7.11 Å². The third-order valence-electron chi connectivity index (χ3n) is 11.0. The first kappa shape index (κ1) is 32.9. The van der Waals surface area contributed by atoms with E-state index >= 15 is 8.78 Å². The number of hydrogen-bond acceptors (Lipinski definition) is 4. The Kier molecular flexibility index (Phi) is 8.32. The second kappa shape index (κ2) is 11.9. The van der Waals surface area contributed by atoms with E-state index in [2.05, 4.69) is 11.8 Å². The number of carbonyl (C=O) groups is 2. The van der Waals surface area contributed by atoms with E-state index in [0.29, 0.717) is 36.8 Å². The fourth-order valence-corrected chi connectivity index (χ4v) is 8.66. The van der Waals surface area contributed by atoms with Crippen LogP contribution in [0.3, 0.4) is 0 Å². The minimum Gasteiger partial charge on any atom is -0.465 e. The number of ketones is 1. The van der Waals surface area contributed by atoms with Gasteiger partial charge in [0.25, 0.3) is 0 Å². The van der Waals surface area contributed by atoms with Crippen molar-refractivity contribution in [3.05, 3.63) is 99.7 Å². The maximum absolute atomic E-state index is 15.2. The van der Waals surface area contributed by atoms with Crippen molar-refractivity contribution < 1.29 is 41.4 Å². The molecule has 0 radical (unpaired) electrons. The van der Waals surface area contributed by atoms with Crippen LogP contribution in [0.5, 0.6) is 0 Å². The van der Waals surface area contributed by atoms with Gasteiger partial charge in [-0.15, -0.1) is 0 Å². The van der Waals surface area contributed by atoms with Gasteiger partial charge in [-0.05, 0) is 115 Å². The molecule has 2 saturated carbocycles. The molecule has 5 atom stereocenters. The Bertz CT molecular complexity index is 1760. The highest BCUT2D eigenvalue weighted by molar-refractivity contribution is 5.93. The minimum atomic E-state index is -5.89. The van der Waals surface area contributed by atoms with Gasteiger partial charge in [-0.25, -0.2) is 4.79 Å². The quantitative estimate of drug-likeness (QED) is 0.205. The number of rotatable bonds is 4. The van der Waals surface area contributed by atoms with Gasteiger partial charge in [-0.3, -0.25) is 4.79 Å². The van der Waals surface area contributed by atoms with E-state index in [1.807, 2.05) is 18.2 Å². The Morgan fingerprint density at radius 3 is 2.49 bits per heavy atom. The number of alkyl halides is 5. The molecule has 0 heterocycles. The number of hydrogen-bond donors (Lipinski definition) is 1. The lowest BCUT2D eigenvalue weighted by Gasteiger charge is -2.56. The Hall–Kier alpha value is -4.03. The number of ether oxygens (including phenoxy) is 1. The number of esters is 1. The molecule has 2 fully saturated rings. The Morgan fingerprint density at radius 1 is 1.04 bits per heavy atom. The molecule has 4 aliphatic carbocycles. The molecule has 9 heteroatoms. The molecule has 0 aliphatic heterocycles. The van der Waals surface area contributed by atoms with Crippen LogP contribution in [0.2, 0.25) is 0 Å². The molecule has 0 spiro atoms. The van der Waals surface area contributed by atoms with E-state index in [4.69, 9.17) is 4.74 Å². The molecule has 0 amide bonds. The number of benzene rings is 2. The van der Waals surface area contributed by atoms with Gasteiger partial charge in [0.1, 0.15) is 5.60 Å². The third kappa shape index (κ3) is 5.44. The van der Waals surface area contributed by atoms with Gasteiger partial charge in [-0.1, -0.05) is 48.6 Å². The number of methoxy groups -OCH3 is 1. The van der Waals surface area contributed by atoms with Crippen LogP contribution in [0, 0.1) is 29.1 Å². The molecule has 0 unspecified atom stereocenters. The van der Waals surface area contributed by atoms with Crippen LogP contribution in [-0.4, -0.2) is 41.7 Å². The fraction of sp³-hybridized carbons (Fsp3) is 0.421. The largest absolute Gasteiger partial charge is 0.465 e. The molecule has 1 N–H and O–H groups in total. The smallest absolute Gasteiger partial charge is 0.456 e. The molecular formula is C38H35F5O4. The highest BCUT2D eigenvalue weighted by Crippen LogP contribution is 2.70. The van der Waals surface area contributed by atoms with Crippen LogP contribution in [0.25, 0.3) is 6.08 Å². The van der Waals surface area contributed by atoms with E-state index in [1.165, 1.54) is 14.0 Å². The van der Waals surface area contributed by atoms with E-state index in [0.717, 1.165) is 27.8 Å². The molecule has 4 aliphatic rings. The van der Waals surface area contributed by atoms with Crippen LogP contribution >= 0.6 is 0 Å². The predicted molar refractivity (Wildman–Crippen MR) is 166 cm³/mol. The summed E-state index contributed by atoms with van der Waals surface area (Å²) in [6.45, 7) is 1.42. The van der Waals surface area contributed by atoms with Crippen molar-refractivity contribution >= 4 is 17.8 Å². The summed E-state index contributed by atoms with van der Waals surface area (Å²) in [5.41, 5.74) is 0.628. The first-order valence-corrected chi connectivity index (χ1v) is 15.8. The lowest BCUT2D eigenvalue weighted by atomic mass is 9.50. The van der Waals surface area contributed by atoms with E-state index in [-0.39, 0.29) is 24.5 Å². The van der Waals surface area contributed by atoms with Crippen molar-refractivity contribution in [1.29, 1.82) is 0 Å². The number of allylic oxidation sites excluding steroid dienone is 5. The first-order chi connectivity index (χ1) is 22.2. The molecule has 2 aromatic rings. The number of fused-ring (bicyclic) bond motifs is 4. The van der Waals surface area contributed by atoms with Gasteiger partial charge < -0.3 is 9.84 Å². The summed E-state index contributed by atoms with van der Waals surface area (Å²) in [4.78, 5) is 24.1. The third-order valence-corrected chi connectivity index (χ3v) is 11.0. The van der Waals surface area contributed by atoms with Gasteiger partial charge in [0.05, 0.1) is 12.7 Å². The zero-order chi connectivity index (χ0) is 33.8. The van der Waals surface area contributed by atoms with Crippen LogP contribution in [-0.2, 0) is 9.53 Å². The standard InChI is InChI=1S/C38H35F5O4/c1-35-22-31(25-12-10-23(11-13-25)6-3-4-7-24-8-5-9-27(20-24)34(45)47-2)33-29-17-15-28(44)21-26(29)14-16-30(33)32(35)18-19-36(35,46)37(39,40)38(41,42)43/h4-5,7-13,20-21,30-32,46H,14-19,22H2,1-2H3/t30-,31+,32-,35-,36-/m0/s1. The van der Waals surface area contributed by atoms with Crippen LogP contribution < -0.4 is 0 Å². The normalized spacial score (nSPS) is 29.0. The Morgan fingerprint density at radius 2 is 1.79 bits per heavy atom. The van der Waals surface area contributed by atoms with E-state index in [9.17, 15) is 27.9 Å². The molecule has 47 heavy (non-hydrogen) atoms. The van der Waals surface area contributed by atoms with Crippen LogP contribution in [0.15, 0.2) is 77.4 Å². The zero-order valence-corrected chi connectivity index (χ0v) is 26.1. The van der Waals surface area contributed by atoms with Gasteiger partial charge >= 0.3 is 18.1 Å². The monoisotopic (exact) mass is 650 g/mol. The Balaban J connectivity index is 1.34. The fourth-order valence-electron chi connectivity index (χ4n) is 8.66. The number of halogens is 5. The molecule has 4 nitrogen and oxygen atoms in total. The zero-order valence-electron chi connectivity index (χ0n) is 26.1. The van der Waals surface area contributed by atoms with Gasteiger partial charge in [-0.2, -0.15) is 22.0 Å². The summed E-state index contributed by atoms with van der Waals surface area (Å²) < 4.78 is 76.6. The summed E-state index contributed by atoms with van der Waals surface area (Å²) in [6, 6.07) is 14.1. The van der Waals surface area contributed by atoms with Crippen molar-refractivity contribution in [3.8, 4) is 11.8 Å². The summed E-state index contributed by atoms with van der Waals surface area (Å²) in [6.07, 6.45) is 0.449. The summed E-state index contributed by atoms with van der Waals surface area (Å²) in [5.74, 6) is -1.02. The summed E-state index contributed by atoms with van der Waals surface area (Å²) in [5, 5.41) is 11.4. The van der Waals surface area contributed by atoms with Gasteiger partial charge in [0.2, 0.25) is 0 Å². The predicted octanol–water partition coefficient (Wildman–Crippen LogP) is 8.37. The van der Waals surface area contributed by atoms with Crippen molar-refractivity contribution in [3.63, 3.8) is 0 Å². The average Bonchev–Trinajstić information content (AvgIpc) is 3.33. The van der Waals surface area contributed by atoms with E-state index < -0.39 is 47.3 Å². The first-order valence-electron chi connectivity index (χ1n) is 15.8. The number of carbonyl (C=O) groups excluding carboxylic acids is 2. The maximum Gasteiger partial charge on any atom is 0.456 e. The second-order valence-corrected chi connectivity index (χ2v) is 13.3. The van der Waals surface area contributed by atoms with Crippen molar-refractivity contribution in [2.24, 2.45) is 17.3 Å². The molecule has 2 aromatic carbocycles. The average molecular weight is 651 g/mol. The molecule has 0 bridgehead atoms. The van der Waals surface area contributed by atoms with Crippen LogP contribution in [0.4, 0.5) is 22.0 Å². The number of aliphatic hydroxyl groups is 1. The lowest BCUT2D eigenvalue weighted by Crippen LogP contribution is -2.65. The van der Waals surface area contributed by atoms with Gasteiger partial charge in [0, 0.05) is 23.3 Å². The lowest BCUT2D eigenvalue weighted by molar-refractivity contribution is -0.362. The SMILES string of the molecule is COC(=O)c1cccc(C=CC#Cc2ccc([C@H]3C[C@@]4(C)[C@@H](CC[C@@]4(O)C(F)(F)C(F)(F)F)[C@@H]4CCC5=CC(=O)CCC5=C43)cc2)c1.